The van der Waals surface area contributed by atoms with E-state index in [-0.39, 0.29) is 15.8 Å². The third kappa shape index (κ3) is 0.654. The summed E-state index contributed by atoms with van der Waals surface area (Å²) in [6.07, 6.45) is 0. The predicted molar refractivity (Wildman–Crippen MR) is 198 cm³/mol. The van der Waals surface area contributed by atoms with Crippen LogP contribution in [0.15, 0.2) is 121 Å². The molecule has 0 bridgehead atoms. The topological polar surface area (TPSA) is 0 Å². The molecule has 0 radical (unpaired) electrons. The van der Waals surface area contributed by atoms with E-state index in [9.17, 15) is 0 Å². The van der Waals surface area contributed by atoms with Gasteiger partial charge in [-0.2, -0.15) is 0 Å². The molecule has 45 heavy (non-hydrogen) atoms. The monoisotopic (exact) mass is 698 g/mol. The summed E-state index contributed by atoms with van der Waals surface area (Å²) in [5, 5.41) is 6.95. The van der Waals surface area contributed by atoms with Crippen LogP contribution in [0.2, 0.25) is 76.1 Å². The van der Waals surface area contributed by atoms with Crippen LogP contribution in [0, 0.1) is 0 Å². The second-order valence-corrected chi connectivity index (χ2v) is 60.2. The molecular weight excluding hydrogens is 654 g/mol. The number of benzene rings is 4. The van der Waals surface area contributed by atoms with Gasteiger partial charge in [0.25, 0.3) is 0 Å². The number of hydrogen-bond donors (Lipinski definition) is 0. The summed E-state index contributed by atoms with van der Waals surface area (Å²) in [6, 6.07) is 49.0. The Morgan fingerprint density at radius 1 is 0.422 bits per heavy atom. The second-order valence-electron chi connectivity index (χ2n) is 20.4. The molecule has 10 aliphatic heterocycles. The Hall–Kier alpha value is -1.31. The molecule has 5 heteroatoms. The fraction of sp³-hybridized carbons (Fsp3) is 0.400. The summed E-state index contributed by atoms with van der Waals surface area (Å²) >= 11 is 0. The van der Waals surface area contributed by atoms with Crippen LogP contribution in [-0.2, 0) is 6.51 Å². The van der Waals surface area contributed by atoms with Gasteiger partial charge in [0.05, 0.1) is 0 Å². The number of rotatable bonds is 8. The summed E-state index contributed by atoms with van der Waals surface area (Å²) in [5.74, 6) is 0. The molecule has 10 atom stereocenters. The summed E-state index contributed by atoms with van der Waals surface area (Å²) in [6.45, 7) is 13.0. The van der Waals surface area contributed by atoms with E-state index < -0.39 is 22.7 Å². The molecule has 4 aromatic carbocycles. The molecule has 1 spiro atoms. The fourth-order valence-electron chi connectivity index (χ4n) is 25.7. The molecule has 230 valence electrons. The van der Waals surface area contributed by atoms with Gasteiger partial charge in [-0.25, -0.2) is 0 Å². The Bertz CT molecular complexity index is 2300. The van der Waals surface area contributed by atoms with Gasteiger partial charge in [-0.15, -0.1) is 0 Å². The first kappa shape index (κ1) is 24.8. The van der Waals surface area contributed by atoms with Crippen molar-refractivity contribution in [2.75, 3.05) is 0 Å². The average Bonchev–Trinajstić information content (AvgIpc) is 3.98. The molecule has 0 aromatic heterocycles. The molecule has 10 fully saturated rings. The summed E-state index contributed by atoms with van der Waals surface area (Å²) in [5.41, 5.74) is 0. The van der Waals surface area contributed by atoms with Crippen molar-refractivity contribution in [3.05, 3.63) is 121 Å². The minimum absolute atomic E-state index is 0.366. The molecular formula is C40H44FeP2Si2. The fourth-order valence-corrected chi connectivity index (χ4v) is 188. The molecule has 0 nitrogen and oxygen atoms in total. The van der Waals surface area contributed by atoms with E-state index in [1.807, 2.05) is 0 Å². The molecule has 0 aliphatic carbocycles. The SMILES string of the molecule is C[Si](C)(C)[C]12[CH]3[CH]4[C]5(P(c6ccccc6)c6ccccc6)[CH]1[Fe]43521678[CH]2[CH]1[C]6([Si](C)(C)C)[CH]7[C]28P(c1ccccc1)c1ccccc1. The average molecular weight is 699 g/mol. The van der Waals surface area contributed by atoms with Crippen molar-refractivity contribution in [1.29, 1.82) is 0 Å². The van der Waals surface area contributed by atoms with Crippen LogP contribution in [-0.4, -0.2) is 24.3 Å². The Labute approximate surface area is 263 Å². The number of fused-ring (bicyclic) bond motifs is 10. The van der Waals surface area contributed by atoms with Crippen LogP contribution < -0.4 is 21.2 Å². The molecule has 0 amide bonds. The van der Waals surface area contributed by atoms with E-state index in [0.717, 1.165) is 7.87 Å². The Kier molecular flexibility index (Phi) is 2.22. The van der Waals surface area contributed by atoms with Crippen molar-refractivity contribution < 1.29 is 6.51 Å². The molecule has 10 saturated heterocycles. The minimum atomic E-state index is -4.50. The molecule has 0 saturated carbocycles. The van der Waals surface area contributed by atoms with E-state index in [0.29, 0.717) is 8.11 Å². The molecule has 0 N–H and O–H groups in total. The summed E-state index contributed by atoms with van der Waals surface area (Å²) in [7, 11) is -3.68. The van der Waals surface area contributed by atoms with E-state index >= 15 is 0 Å². The van der Waals surface area contributed by atoms with Crippen molar-refractivity contribution in [2.45, 2.75) is 84.2 Å². The number of hydrogen-bond acceptors (Lipinski definition) is 0. The first-order valence-electron chi connectivity index (χ1n) is 17.4. The molecule has 14 rings (SSSR count). The van der Waals surface area contributed by atoms with Crippen LogP contribution in [0.25, 0.3) is 0 Å². The molecule has 10 aliphatic rings. The maximum atomic E-state index is 2.91. The van der Waals surface area contributed by atoms with Crippen molar-refractivity contribution >= 4 is 53.2 Å². The normalized spacial score (nSPS) is 58.1. The summed E-state index contributed by atoms with van der Waals surface area (Å²) < 4.78 is 3.14. The van der Waals surface area contributed by atoms with Crippen molar-refractivity contribution in [1.82, 2.24) is 0 Å². The summed E-state index contributed by atoms with van der Waals surface area (Å²) in [4.78, 5) is 7.17. The van der Waals surface area contributed by atoms with Crippen molar-refractivity contribution in [3.63, 3.8) is 0 Å². The van der Waals surface area contributed by atoms with Crippen molar-refractivity contribution in [2.24, 2.45) is 0 Å². The van der Waals surface area contributed by atoms with Gasteiger partial charge in [0, 0.05) is 0 Å². The van der Waals surface area contributed by atoms with Gasteiger partial charge < -0.3 is 0 Å². The van der Waals surface area contributed by atoms with Gasteiger partial charge in [-0.1, -0.05) is 0 Å². The zero-order valence-corrected chi connectivity index (χ0v) is 32.2. The maximum absolute atomic E-state index is 4.50. The van der Waals surface area contributed by atoms with Gasteiger partial charge in [-0.05, 0) is 0 Å². The molecule has 10 heterocycles. The van der Waals surface area contributed by atoms with E-state index in [2.05, 4.69) is 161 Å². The van der Waals surface area contributed by atoms with Gasteiger partial charge in [0.2, 0.25) is 0 Å². The zero-order valence-electron chi connectivity index (χ0n) is 27.3. The van der Waals surface area contributed by atoms with Crippen LogP contribution in [0.3, 0.4) is 0 Å². The third-order valence-corrected chi connectivity index (χ3v) is 97.6. The Morgan fingerprint density at radius 2 is 0.689 bits per heavy atom. The van der Waals surface area contributed by atoms with E-state index in [4.69, 9.17) is 0 Å². The standard InChI is InChI=1S/2C20H22PSi.Fe/c2*1-22(2,3)20-15-14-19(16-20)21(17-10-6-4-7-11-17)18-12-8-5-9-13-18;/h2*4-16H,1-3H3;. The van der Waals surface area contributed by atoms with Crippen molar-refractivity contribution in [3.8, 4) is 0 Å². The third-order valence-electron chi connectivity index (χ3n) is 21.9. The van der Waals surface area contributed by atoms with Crippen LogP contribution in [0.5, 0.6) is 0 Å². The van der Waals surface area contributed by atoms with E-state index in [1.165, 1.54) is 28.9 Å². The van der Waals surface area contributed by atoms with Gasteiger partial charge in [0.1, 0.15) is 0 Å². The molecule has 10 unspecified atom stereocenters. The van der Waals surface area contributed by atoms with Gasteiger partial charge in [-0.3, -0.25) is 0 Å². The first-order valence-corrected chi connectivity index (χ1v) is 33.1. The predicted octanol–water partition coefficient (Wildman–Crippen LogP) is 9.95. The van der Waals surface area contributed by atoms with E-state index in [1.54, 1.807) is 21.2 Å². The van der Waals surface area contributed by atoms with Crippen LogP contribution in [0.4, 0.5) is 0 Å². The second kappa shape index (κ2) is 4.03. The van der Waals surface area contributed by atoms with Crippen LogP contribution in [0.1, 0.15) is 0 Å². The Morgan fingerprint density at radius 3 is 0.911 bits per heavy atom. The first-order chi connectivity index (χ1) is 21.4. The quantitative estimate of drug-likeness (QED) is 0.127. The Balaban J connectivity index is 1.18. The van der Waals surface area contributed by atoms with Gasteiger partial charge in [0.15, 0.2) is 0 Å². The van der Waals surface area contributed by atoms with Crippen LogP contribution >= 0.6 is 15.8 Å². The zero-order chi connectivity index (χ0) is 30.4. The van der Waals surface area contributed by atoms with Gasteiger partial charge >= 0.3 is 265 Å². The molecule has 4 aromatic rings.